The lowest BCUT2D eigenvalue weighted by atomic mass is 10.1. The summed E-state index contributed by atoms with van der Waals surface area (Å²) in [5, 5.41) is 2.74. The fourth-order valence-corrected chi connectivity index (χ4v) is 2.74. The molecule has 0 heterocycles. The van der Waals surface area contributed by atoms with Crippen molar-refractivity contribution in [3.05, 3.63) is 29.8 Å². The number of nitrogens with one attached hydrogen (secondary N) is 1. The SMILES string of the molecule is CCc1ccc(NC(=O)CN(CCC(C)C)S(C)(=O)=O)cc1. The molecule has 0 aliphatic heterocycles. The second-order valence-electron chi connectivity index (χ2n) is 5.88. The van der Waals surface area contributed by atoms with E-state index in [9.17, 15) is 13.2 Å². The van der Waals surface area contributed by atoms with E-state index in [0.29, 0.717) is 18.2 Å². The van der Waals surface area contributed by atoms with Crippen LogP contribution in [0.15, 0.2) is 24.3 Å². The Balaban J connectivity index is 2.65. The van der Waals surface area contributed by atoms with Crippen molar-refractivity contribution in [2.45, 2.75) is 33.6 Å². The first-order valence-corrected chi connectivity index (χ1v) is 9.41. The fraction of sp³-hybridized carbons (Fsp3) is 0.562. The van der Waals surface area contributed by atoms with Crippen molar-refractivity contribution in [3.8, 4) is 0 Å². The van der Waals surface area contributed by atoms with Gasteiger partial charge in [-0.05, 0) is 36.5 Å². The number of anilines is 1. The maximum Gasteiger partial charge on any atom is 0.239 e. The van der Waals surface area contributed by atoms with E-state index in [4.69, 9.17) is 0 Å². The fourth-order valence-electron chi connectivity index (χ4n) is 1.95. The molecular weight excluding hydrogens is 300 g/mol. The van der Waals surface area contributed by atoms with Crippen molar-refractivity contribution < 1.29 is 13.2 Å². The molecule has 0 aliphatic carbocycles. The molecule has 22 heavy (non-hydrogen) atoms. The van der Waals surface area contributed by atoms with Crippen LogP contribution in [0.5, 0.6) is 0 Å². The third kappa shape index (κ3) is 6.58. The van der Waals surface area contributed by atoms with Crippen molar-refractivity contribution in [1.29, 1.82) is 0 Å². The van der Waals surface area contributed by atoms with E-state index < -0.39 is 10.0 Å². The Morgan fingerprint density at radius 2 is 1.82 bits per heavy atom. The zero-order valence-electron chi connectivity index (χ0n) is 13.8. The quantitative estimate of drug-likeness (QED) is 0.798. The highest BCUT2D eigenvalue weighted by atomic mass is 32.2. The summed E-state index contributed by atoms with van der Waals surface area (Å²) in [5.41, 5.74) is 1.87. The van der Waals surface area contributed by atoms with Gasteiger partial charge < -0.3 is 5.32 Å². The van der Waals surface area contributed by atoms with Crippen LogP contribution < -0.4 is 5.32 Å². The summed E-state index contributed by atoms with van der Waals surface area (Å²) in [6.45, 7) is 6.32. The lowest BCUT2D eigenvalue weighted by molar-refractivity contribution is -0.116. The highest BCUT2D eigenvalue weighted by molar-refractivity contribution is 7.88. The molecule has 0 aromatic heterocycles. The second-order valence-corrected chi connectivity index (χ2v) is 7.86. The monoisotopic (exact) mass is 326 g/mol. The van der Waals surface area contributed by atoms with Crippen LogP contribution in [-0.2, 0) is 21.2 Å². The van der Waals surface area contributed by atoms with Crippen LogP contribution in [0.2, 0.25) is 0 Å². The summed E-state index contributed by atoms with van der Waals surface area (Å²) in [6, 6.07) is 7.55. The van der Waals surface area contributed by atoms with Gasteiger partial charge in [-0.25, -0.2) is 8.42 Å². The van der Waals surface area contributed by atoms with E-state index in [1.165, 1.54) is 9.87 Å². The van der Waals surface area contributed by atoms with Gasteiger partial charge in [0, 0.05) is 12.2 Å². The molecule has 0 spiro atoms. The summed E-state index contributed by atoms with van der Waals surface area (Å²) < 4.78 is 24.7. The Hall–Kier alpha value is -1.40. The molecule has 0 radical (unpaired) electrons. The van der Waals surface area contributed by atoms with Crippen LogP contribution >= 0.6 is 0 Å². The largest absolute Gasteiger partial charge is 0.325 e. The van der Waals surface area contributed by atoms with Crippen LogP contribution in [0.25, 0.3) is 0 Å². The number of benzene rings is 1. The molecule has 1 rings (SSSR count). The molecule has 0 atom stereocenters. The highest BCUT2D eigenvalue weighted by Crippen LogP contribution is 2.11. The summed E-state index contributed by atoms with van der Waals surface area (Å²) in [7, 11) is -3.39. The molecule has 0 aliphatic rings. The van der Waals surface area contributed by atoms with E-state index in [2.05, 4.69) is 12.2 Å². The Labute approximate surface area is 133 Å². The molecule has 6 heteroatoms. The topological polar surface area (TPSA) is 66.5 Å². The number of sulfonamides is 1. The predicted octanol–water partition coefficient (Wildman–Crippen LogP) is 2.50. The molecule has 1 amide bonds. The molecule has 0 bridgehead atoms. The Morgan fingerprint density at radius 1 is 1.23 bits per heavy atom. The maximum atomic E-state index is 12.1. The van der Waals surface area contributed by atoms with Crippen molar-refractivity contribution in [2.24, 2.45) is 5.92 Å². The predicted molar refractivity (Wildman–Crippen MR) is 90.3 cm³/mol. The Kier molecular flexibility index (Phi) is 7.03. The number of amides is 1. The van der Waals surface area contributed by atoms with Gasteiger partial charge in [0.1, 0.15) is 0 Å². The lowest BCUT2D eigenvalue weighted by Gasteiger charge is -2.20. The zero-order valence-corrected chi connectivity index (χ0v) is 14.6. The van der Waals surface area contributed by atoms with Gasteiger partial charge in [-0.1, -0.05) is 32.9 Å². The van der Waals surface area contributed by atoms with Crippen LogP contribution in [-0.4, -0.2) is 38.0 Å². The molecule has 0 unspecified atom stereocenters. The number of hydrogen-bond donors (Lipinski definition) is 1. The average Bonchev–Trinajstić information content (AvgIpc) is 2.42. The number of rotatable bonds is 8. The smallest absolute Gasteiger partial charge is 0.239 e. The third-order valence-corrected chi connectivity index (χ3v) is 4.64. The number of aryl methyl sites for hydroxylation is 1. The molecule has 5 nitrogen and oxygen atoms in total. The third-order valence-electron chi connectivity index (χ3n) is 3.39. The molecule has 1 N–H and O–H groups in total. The van der Waals surface area contributed by atoms with E-state index in [1.54, 1.807) is 0 Å². The Morgan fingerprint density at radius 3 is 2.27 bits per heavy atom. The Bertz CT molecular complexity index is 580. The summed E-state index contributed by atoms with van der Waals surface area (Å²) in [5.74, 6) is 0.0623. The van der Waals surface area contributed by atoms with Crippen molar-refractivity contribution >= 4 is 21.6 Å². The standard InChI is InChI=1S/C16H26N2O3S/c1-5-14-6-8-15(9-7-14)17-16(19)12-18(22(4,20)21)11-10-13(2)3/h6-9,13H,5,10-12H2,1-4H3,(H,17,19). The van der Waals surface area contributed by atoms with Gasteiger partial charge in [-0.2, -0.15) is 4.31 Å². The molecule has 0 fully saturated rings. The van der Waals surface area contributed by atoms with Gasteiger partial charge >= 0.3 is 0 Å². The number of carbonyl (C=O) groups is 1. The lowest BCUT2D eigenvalue weighted by Crippen LogP contribution is -2.38. The van der Waals surface area contributed by atoms with Gasteiger partial charge in [0.2, 0.25) is 15.9 Å². The second kappa shape index (κ2) is 8.29. The number of hydrogen-bond acceptors (Lipinski definition) is 3. The minimum Gasteiger partial charge on any atom is -0.325 e. The highest BCUT2D eigenvalue weighted by Gasteiger charge is 2.20. The number of nitrogens with zero attached hydrogens (tertiary/aromatic N) is 1. The minimum atomic E-state index is -3.39. The first-order chi connectivity index (χ1) is 10.2. The van der Waals surface area contributed by atoms with Gasteiger partial charge in [-0.3, -0.25) is 4.79 Å². The van der Waals surface area contributed by atoms with Crippen LogP contribution in [0.3, 0.4) is 0 Å². The van der Waals surface area contributed by atoms with Crippen LogP contribution in [0.4, 0.5) is 5.69 Å². The summed E-state index contributed by atoms with van der Waals surface area (Å²) >= 11 is 0. The van der Waals surface area contributed by atoms with Gasteiger partial charge in [0.25, 0.3) is 0 Å². The molecule has 124 valence electrons. The minimum absolute atomic E-state index is 0.152. The van der Waals surface area contributed by atoms with Gasteiger partial charge in [0.05, 0.1) is 12.8 Å². The van der Waals surface area contributed by atoms with E-state index >= 15 is 0 Å². The van der Waals surface area contributed by atoms with E-state index in [1.807, 2.05) is 38.1 Å². The van der Waals surface area contributed by atoms with Gasteiger partial charge in [-0.15, -0.1) is 0 Å². The molecule has 0 saturated heterocycles. The maximum absolute atomic E-state index is 12.1. The molecular formula is C16H26N2O3S. The van der Waals surface area contributed by atoms with Crippen LogP contribution in [0.1, 0.15) is 32.8 Å². The molecule has 1 aromatic carbocycles. The molecule has 1 aromatic rings. The normalized spacial score (nSPS) is 11.9. The first-order valence-electron chi connectivity index (χ1n) is 7.56. The molecule has 0 saturated carbocycles. The first kappa shape index (κ1) is 18.6. The van der Waals surface area contributed by atoms with Crippen molar-refractivity contribution in [2.75, 3.05) is 24.7 Å². The van der Waals surface area contributed by atoms with Gasteiger partial charge in [0.15, 0.2) is 0 Å². The summed E-state index contributed by atoms with van der Waals surface area (Å²) in [6.07, 6.45) is 2.80. The number of carbonyl (C=O) groups excluding carboxylic acids is 1. The van der Waals surface area contributed by atoms with E-state index in [0.717, 1.165) is 19.1 Å². The summed E-state index contributed by atoms with van der Waals surface area (Å²) in [4.78, 5) is 12.1. The van der Waals surface area contributed by atoms with Crippen molar-refractivity contribution in [3.63, 3.8) is 0 Å². The van der Waals surface area contributed by atoms with Crippen LogP contribution in [0, 0.1) is 5.92 Å². The van der Waals surface area contributed by atoms with Crippen molar-refractivity contribution in [1.82, 2.24) is 4.31 Å². The van der Waals surface area contributed by atoms with E-state index in [-0.39, 0.29) is 12.5 Å². The average molecular weight is 326 g/mol. The zero-order chi connectivity index (χ0) is 16.8.